The molecule has 4 aliphatic rings. The minimum Gasteiger partial charge on any atom is -0.503 e. The smallest absolute Gasteiger partial charge is 0.305 e. The molecule has 42 heavy (non-hydrogen) atoms. The number of aromatic hydroxyl groups is 1. The highest BCUT2D eigenvalue weighted by Gasteiger charge is 2.67. The number of carboxylic acids is 1. The second-order valence-corrected chi connectivity index (χ2v) is 11.9. The molecule has 6 atom stereocenters. The lowest BCUT2D eigenvalue weighted by Crippen LogP contribution is -2.48. The van der Waals surface area contributed by atoms with Crippen molar-refractivity contribution in [2.75, 3.05) is 18.6 Å². The van der Waals surface area contributed by atoms with E-state index < -0.39 is 64.6 Å². The number of hydrogen-bond acceptors (Lipinski definition) is 7. The fourth-order valence-electron chi connectivity index (χ4n) is 7.63. The Hall–Kier alpha value is -4.18. The molecule has 0 spiro atoms. The Bertz CT molecular complexity index is 1570. The van der Waals surface area contributed by atoms with Crippen molar-refractivity contribution in [3.63, 3.8) is 0 Å². The Morgan fingerprint density at radius 3 is 2.45 bits per heavy atom. The summed E-state index contributed by atoms with van der Waals surface area (Å²) in [6, 6.07) is 11.8. The molecule has 11 heteroatoms. The summed E-state index contributed by atoms with van der Waals surface area (Å²) in [7, 11) is 1.38. The number of allylic oxidation sites excluding steroid dienone is 2. The number of carboxylic acid groups (broad SMARTS) is 1. The third-order valence-electron chi connectivity index (χ3n) is 9.53. The van der Waals surface area contributed by atoms with Gasteiger partial charge < -0.3 is 14.9 Å². The quantitative estimate of drug-likeness (QED) is 0.381. The fourth-order valence-corrected chi connectivity index (χ4v) is 7.85. The van der Waals surface area contributed by atoms with Crippen LogP contribution in [0.5, 0.6) is 11.5 Å². The minimum absolute atomic E-state index is 0.00423. The molecule has 2 aliphatic carbocycles. The molecular formula is C31H29ClN2O8. The van der Waals surface area contributed by atoms with Gasteiger partial charge in [0.25, 0.3) is 0 Å². The number of methoxy groups -OCH3 is 1. The van der Waals surface area contributed by atoms with Crippen molar-refractivity contribution in [2.24, 2.45) is 29.1 Å². The molecule has 2 N–H and O–H groups in total. The van der Waals surface area contributed by atoms with Crippen molar-refractivity contribution in [1.82, 2.24) is 4.90 Å². The summed E-state index contributed by atoms with van der Waals surface area (Å²) in [4.78, 5) is 68.9. The van der Waals surface area contributed by atoms with Crippen LogP contribution >= 0.6 is 11.6 Å². The molecule has 6 unspecified atom stereocenters. The van der Waals surface area contributed by atoms with E-state index >= 15 is 0 Å². The molecule has 0 bridgehead atoms. The Labute approximate surface area is 246 Å². The Morgan fingerprint density at radius 1 is 1.07 bits per heavy atom. The molecule has 4 amide bonds. The number of anilines is 1. The van der Waals surface area contributed by atoms with Gasteiger partial charge in [-0.25, -0.2) is 4.90 Å². The highest BCUT2D eigenvalue weighted by Crippen LogP contribution is 2.64. The summed E-state index contributed by atoms with van der Waals surface area (Å²) < 4.78 is 5.37. The first-order chi connectivity index (χ1) is 20.0. The molecule has 218 valence electrons. The summed E-state index contributed by atoms with van der Waals surface area (Å²) >= 11 is 6.42. The fraction of sp³-hybridized carbons (Fsp3) is 0.387. The van der Waals surface area contributed by atoms with Gasteiger partial charge in [-0.05, 0) is 55.5 Å². The minimum atomic E-state index is -1.28. The van der Waals surface area contributed by atoms with Crippen molar-refractivity contribution in [2.45, 2.75) is 32.1 Å². The zero-order chi connectivity index (χ0) is 30.1. The number of halogens is 1. The van der Waals surface area contributed by atoms with Crippen molar-refractivity contribution < 1.29 is 38.9 Å². The average Bonchev–Trinajstić information content (AvgIpc) is 3.33. The Balaban J connectivity index is 1.51. The highest BCUT2D eigenvalue weighted by molar-refractivity contribution is 6.32. The Morgan fingerprint density at radius 2 is 1.79 bits per heavy atom. The number of phenolic OH excluding ortho intramolecular Hbond substituents is 1. The molecule has 3 fully saturated rings. The number of carbonyl (C=O) groups excluding carboxylic acids is 4. The number of amides is 4. The van der Waals surface area contributed by atoms with Crippen LogP contribution in [-0.2, 0) is 24.0 Å². The van der Waals surface area contributed by atoms with Crippen LogP contribution in [0.1, 0.15) is 37.7 Å². The Kier molecular flexibility index (Phi) is 6.64. The number of rotatable bonds is 6. The third kappa shape index (κ3) is 3.88. The van der Waals surface area contributed by atoms with Gasteiger partial charge >= 0.3 is 5.97 Å². The molecule has 2 aliphatic heterocycles. The monoisotopic (exact) mass is 592 g/mol. The van der Waals surface area contributed by atoms with Crippen LogP contribution in [0.15, 0.2) is 54.1 Å². The van der Waals surface area contributed by atoms with Gasteiger partial charge in [0.15, 0.2) is 11.5 Å². The van der Waals surface area contributed by atoms with Gasteiger partial charge in [-0.3, -0.25) is 28.9 Å². The number of benzene rings is 2. The molecule has 1 saturated carbocycles. The van der Waals surface area contributed by atoms with E-state index in [9.17, 15) is 29.1 Å². The maximum absolute atomic E-state index is 14.4. The zero-order valence-electron chi connectivity index (χ0n) is 23.0. The largest absolute Gasteiger partial charge is 0.503 e. The number of fused-ring (bicyclic) bond motifs is 4. The van der Waals surface area contributed by atoms with E-state index in [0.29, 0.717) is 11.3 Å². The summed E-state index contributed by atoms with van der Waals surface area (Å²) in [6.07, 6.45) is 1.92. The average molecular weight is 593 g/mol. The second kappa shape index (κ2) is 9.97. The zero-order valence-corrected chi connectivity index (χ0v) is 23.7. The molecular weight excluding hydrogens is 564 g/mol. The van der Waals surface area contributed by atoms with Gasteiger partial charge in [-0.2, -0.15) is 0 Å². The maximum Gasteiger partial charge on any atom is 0.305 e. The topological polar surface area (TPSA) is 142 Å². The highest BCUT2D eigenvalue weighted by atomic mass is 35.5. The van der Waals surface area contributed by atoms with Crippen molar-refractivity contribution in [3.8, 4) is 11.5 Å². The molecule has 2 heterocycles. The lowest BCUT2D eigenvalue weighted by Gasteiger charge is -2.49. The number of phenols is 1. The number of ether oxygens (including phenoxy) is 1. The second-order valence-electron chi connectivity index (χ2n) is 11.5. The van der Waals surface area contributed by atoms with E-state index in [0.717, 1.165) is 10.5 Å². The van der Waals surface area contributed by atoms with Gasteiger partial charge in [0.2, 0.25) is 23.6 Å². The summed E-state index contributed by atoms with van der Waals surface area (Å²) in [5.74, 6) is -6.52. The van der Waals surface area contributed by atoms with Gasteiger partial charge in [0.05, 0.1) is 47.4 Å². The first kappa shape index (κ1) is 28.0. The van der Waals surface area contributed by atoms with Gasteiger partial charge in [-0.15, -0.1) is 0 Å². The van der Waals surface area contributed by atoms with Crippen LogP contribution in [0.25, 0.3) is 0 Å². The molecule has 0 radical (unpaired) electrons. The van der Waals surface area contributed by atoms with Crippen LogP contribution < -0.4 is 9.64 Å². The van der Waals surface area contributed by atoms with Crippen LogP contribution in [0.3, 0.4) is 0 Å². The molecule has 2 saturated heterocycles. The molecule has 10 nitrogen and oxygen atoms in total. The first-order valence-corrected chi connectivity index (χ1v) is 14.1. The van der Waals surface area contributed by atoms with E-state index in [1.807, 2.05) is 6.08 Å². The SMILES string of the molecule is COc1cc(C2C3=CCC4C(=O)N(CCC(=O)O)C(=O)C4C3CC3C(=O)N(c4ccccc4)C(=O)C32C)cc(Cl)c1O. The summed E-state index contributed by atoms with van der Waals surface area (Å²) in [5.41, 5.74) is 0.440. The van der Waals surface area contributed by atoms with Gasteiger partial charge in [-0.1, -0.05) is 41.4 Å². The van der Waals surface area contributed by atoms with Gasteiger partial charge in [0.1, 0.15) is 0 Å². The van der Waals surface area contributed by atoms with Gasteiger partial charge in [0, 0.05) is 12.5 Å². The van der Waals surface area contributed by atoms with E-state index in [2.05, 4.69) is 0 Å². The number of hydrogen-bond donors (Lipinski definition) is 2. The van der Waals surface area contributed by atoms with Crippen molar-refractivity contribution in [1.29, 1.82) is 0 Å². The molecule has 2 aromatic carbocycles. The van der Waals surface area contributed by atoms with Crippen LogP contribution in [0, 0.1) is 29.1 Å². The van der Waals surface area contributed by atoms with E-state index in [1.165, 1.54) is 12.0 Å². The predicted molar refractivity (Wildman–Crippen MR) is 150 cm³/mol. The normalized spacial score (nSPS) is 30.2. The third-order valence-corrected chi connectivity index (χ3v) is 9.82. The van der Waals surface area contributed by atoms with E-state index in [1.54, 1.807) is 49.4 Å². The van der Waals surface area contributed by atoms with Crippen LogP contribution in [0.4, 0.5) is 5.69 Å². The molecule has 2 aromatic rings. The standard InChI is InChI=1S/C31H29ClN2O8/c1-31-20(28(39)34(30(31)41)16-6-4-3-5-7-16)14-19-17(25(31)15-12-21(32)26(37)22(13-15)42-2)8-9-18-24(19)29(40)33(27(18)38)11-10-23(35)36/h3-8,12-13,18-20,24-25,37H,9-11,14H2,1-2H3,(H,35,36). The van der Waals surface area contributed by atoms with E-state index in [-0.39, 0.29) is 42.3 Å². The number of likely N-dealkylation sites (tertiary alicyclic amines) is 1. The number of imide groups is 2. The van der Waals surface area contributed by atoms with Crippen LogP contribution in [0.2, 0.25) is 5.02 Å². The number of carbonyl (C=O) groups is 5. The molecule has 0 aromatic heterocycles. The van der Waals surface area contributed by atoms with Crippen molar-refractivity contribution >= 4 is 46.9 Å². The lowest BCUT2D eigenvalue weighted by molar-refractivity contribution is -0.142. The lowest BCUT2D eigenvalue weighted by atomic mass is 9.51. The maximum atomic E-state index is 14.4. The summed E-state index contributed by atoms with van der Waals surface area (Å²) in [5, 5.41) is 19.6. The first-order valence-electron chi connectivity index (χ1n) is 13.8. The molecule has 6 rings (SSSR count). The van der Waals surface area contributed by atoms with Crippen molar-refractivity contribution in [3.05, 3.63) is 64.7 Å². The van der Waals surface area contributed by atoms with E-state index in [4.69, 9.17) is 21.4 Å². The van der Waals surface area contributed by atoms with Crippen LogP contribution in [-0.4, -0.2) is 58.4 Å². The number of aliphatic carboxylic acids is 1. The number of nitrogens with zero attached hydrogens (tertiary/aromatic N) is 2. The number of para-hydroxylation sites is 1. The summed E-state index contributed by atoms with van der Waals surface area (Å²) in [6.45, 7) is 1.53. The predicted octanol–water partition coefficient (Wildman–Crippen LogP) is 3.76.